The van der Waals surface area contributed by atoms with Crippen LogP contribution in [0.3, 0.4) is 0 Å². The van der Waals surface area contributed by atoms with Crippen molar-refractivity contribution in [3.63, 3.8) is 0 Å². The van der Waals surface area contributed by atoms with E-state index >= 15 is 0 Å². The average molecular weight is 195 g/mol. The van der Waals surface area contributed by atoms with Gasteiger partial charge in [0.25, 0.3) is 0 Å². The number of nitrogens with one attached hydrogen (secondary N) is 1. The Bertz CT molecular complexity index is 174. The number of hydrogen-bond donors (Lipinski definition) is 1. The zero-order chi connectivity index (χ0) is 10.1. The van der Waals surface area contributed by atoms with E-state index < -0.39 is 12.7 Å². The molecule has 1 saturated carbocycles. The van der Waals surface area contributed by atoms with Crippen molar-refractivity contribution in [1.82, 2.24) is 5.32 Å². The molecular formula is C9H16F3N. The molecule has 1 unspecified atom stereocenters. The first kappa shape index (κ1) is 10.8. The summed E-state index contributed by atoms with van der Waals surface area (Å²) < 4.78 is 35.5. The molecule has 0 aromatic carbocycles. The summed E-state index contributed by atoms with van der Waals surface area (Å²) in [5.74, 6) is 0. The van der Waals surface area contributed by atoms with E-state index in [0.717, 1.165) is 19.3 Å². The Morgan fingerprint density at radius 2 is 2.00 bits per heavy atom. The van der Waals surface area contributed by atoms with Gasteiger partial charge >= 0.3 is 6.18 Å². The lowest BCUT2D eigenvalue weighted by Crippen LogP contribution is -2.36. The zero-order valence-electron chi connectivity index (χ0n) is 8.04. The van der Waals surface area contributed by atoms with Crippen LogP contribution < -0.4 is 5.32 Å². The molecule has 1 rings (SSSR count). The summed E-state index contributed by atoms with van der Waals surface area (Å²) in [6.07, 6.45) is -1.35. The molecule has 0 bridgehead atoms. The van der Waals surface area contributed by atoms with E-state index in [0.29, 0.717) is 0 Å². The molecule has 13 heavy (non-hydrogen) atoms. The van der Waals surface area contributed by atoms with E-state index in [2.05, 4.69) is 19.2 Å². The van der Waals surface area contributed by atoms with E-state index in [9.17, 15) is 13.2 Å². The van der Waals surface area contributed by atoms with Crippen molar-refractivity contribution in [3.05, 3.63) is 0 Å². The molecule has 1 fully saturated rings. The first-order valence-electron chi connectivity index (χ1n) is 4.59. The van der Waals surface area contributed by atoms with Gasteiger partial charge in [0.05, 0.1) is 6.54 Å². The molecule has 1 aliphatic carbocycles. The molecule has 0 saturated heterocycles. The third-order valence-electron chi connectivity index (χ3n) is 2.56. The third-order valence-corrected chi connectivity index (χ3v) is 2.56. The minimum atomic E-state index is -4.08. The van der Waals surface area contributed by atoms with Crippen LogP contribution in [0.2, 0.25) is 0 Å². The molecule has 1 aliphatic rings. The fourth-order valence-corrected chi connectivity index (χ4v) is 1.87. The van der Waals surface area contributed by atoms with Crippen molar-refractivity contribution in [3.8, 4) is 0 Å². The molecule has 0 aliphatic heterocycles. The van der Waals surface area contributed by atoms with Gasteiger partial charge in [-0.25, -0.2) is 0 Å². The van der Waals surface area contributed by atoms with Gasteiger partial charge in [0.15, 0.2) is 0 Å². The maximum Gasteiger partial charge on any atom is 0.401 e. The molecule has 1 N–H and O–H groups in total. The van der Waals surface area contributed by atoms with Crippen LogP contribution in [0.25, 0.3) is 0 Å². The first-order valence-corrected chi connectivity index (χ1v) is 4.59. The summed E-state index contributed by atoms with van der Waals surface area (Å²) >= 11 is 0. The molecule has 0 amide bonds. The molecular weight excluding hydrogens is 179 g/mol. The second kappa shape index (κ2) is 3.48. The van der Waals surface area contributed by atoms with Crippen molar-refractivity contribution in [2.45, 2.75) is 45.3 Å². The average Bonchev–Trinajstić information content (AvgIpc) is 2.24. The highest BCUT2D eigenvalue weighted by molar-refractivity contribution is 4.86. The molecule has 0 spiro atoms. The Labute approximate surface area is 76.7 Å². The molecule has 0 radical (unpaired) electrons. The van der Waals surface area contributed by atoms with Crippen molar-refractivity contribution < 1.29 is 13.2 Å². The van der Waals surface area contributed by atoms with Gasteiger partial charge in [0.2, 0.25) is 0 Å². The monoisotopic (exact) mass is 195 g/mol. The van der Waals surface area contributed by atoms with Crippen LogP contribution in [0, 0.1) is 5.41 Å². The maximum atomic E-state index is 11.8. The molecule has 78 valence electrons. The number of rotatable bonds is 2. The van der Waals surface area contributed by atoms with Gasteiger partial charge in [-0.2, -0.15) is 13.2 Å². The highest BCUT2D eigenvalue weighted by Gasteiger charge is 2.34. The van der Waals surface area contributed by atoms with E-state index in [1.165, 1.54) is 0 Å². The standard InChI is InChI=1S/C9H16F3N/c1-8(2)4-3-7(5-8)13-6-9(10,11)12/h7,13H,3-6H2,1-2H3. The van der Waals surface area contributed by atoms with E-state index in [1.807, 2.05) is 0 Å². The van der Waals surface area contributed by atoms with Crippen LogP contribution >= 0.6 is 0 Å². The normalized spacial score (nSPS) is 27.9. The van der Waals surface area contributed by atoms with Gasteiger partial charge in [0, 0.05) is 6.04 Å². The van der Waals surface area contributed by atoms with Gasteiger partial charge in [-0.1, -0.05) is 13.8 Å². The smallest absolute Gasteiger partial charge is 0.306 e. The highest BCUT2D eigenvalue weighted by Crippen LogP contribution is 2.37. The predicted octanol–water partition coefficient (Wildman–Crippen LogP) is 2.72. The van der Waals surface area contributed by atoms with Crippen LogP contribution in [0.5, 0.6) is 0 Å². The van der Waals surface area contributed by atoms with Crippen LogP contribution in [-0.2, 0) is 0 Å². The Balaban J connectivity index is 2.25. The molecule has 0 aromatic rings. The van der Waals surface area contributed by atoms with Crippen molar-refractivity contribution in [1.29, 1.82) is 0 Å². The lowest BCUT2D eigenvalue weighted by atomic mass is 9.92. The third kappa shape index (κ3) is 3.98. The molecule has 1 atom stereocenters. The summed E-state index contributed by atoms with van der Waals surface area (Å²) in [6, 6.07) is 0.0524. The van der Waals surface area contributed by atoms with Gasteiger partial charge in [0.1, 0.15) is 0 Å². The molecule has 1 nitrogen and oxygen atoms in total. The van der Waals surface area contributed by atoms with Gasteiger partial charge in [-0.3, -0.25) is 0 Å². The fraction of sp³-hybridized carbons (Fsp3) is 1.00. The largest absolute Gasteiger partial charge is 0.401 e. The highest BCUT2D eigenvalue weighted by atomic mass is 19.4. The van der Waals surface area contributed by atoms with Gasteiger partial charge in [-0.05, 0) is 24.7 Å². The topological polar surface area (TPSA) is 12.0 Å². The molecule has 0 heterocycles. The molecule has 4 heteroatoms. The summed E-state index contributed by atoms with van der Waals surface area (Å²) in [5, 5.41) is 2.55. The minimum Gasteiger partial charge on any atom is -0.306 e. The van der Waals surface area contributed by atoms with Crippen LogP contribution in [0.1, 0.15) is 33.1 Å². The number of halogens is 3. The lowest BCUT2D eigenvalue weighted by molar-refractivity contribution is -0.126. The quantitative estimate of drug-likeness (QED) is 0.714. The summed E-state index contributed by atoms with van der Waals surface area (Å²) in [6.45, 7) is 3.35. The molecule has 0 aromatic heterocycles. The lowest BCUT2D eigenvalue weighted by Gasteiger charge is -2.18. The van der Waals surface area contributed by atoms with Crippen LogP contribution in [0.4, 0.5) is 13.2 Å². The Morgan fingerprint density at radius 3 is 2.38 bits per heavy atom. The van der Waals surface area contributed by atoms with Gasteiger partial charge < -0.3 is 5.32 Å². The first-order chi connectivity index (χ1) is 5.79. The van der Waals surface area contributed by atoms with Crippen molar-refractivity contribution in [2.75, 3.05) is 6.54 Å². The zero-order valence-corrected chi connectivity index (χ0v) is 8.04. The Kier molecular flexibility index (Phi) is 2.90. The van der Waals surface area contributed by atoms with E-state index in [-0.39, 0.29) is 11.5 Å². The number of hydrogen-bond acceptors (Lipinski definition) is 1. The fourth-order valence-electron chi connectivity index (χ4n) is 1.87. The van der Waals surface area contributed by atoms with Crippen molar-refractivity contribution >= 4 is 0 Å². The van der Waals surface area contributed by atoms with Crippen LogP contribution in [-0.4, -0.2) is 18.8 Å². The maximum absolute atomic E-state index is 11.8. The number of alkyl halides is 3. The second-order valence-corrected chi connectivity index (χ2v) is 4.60. The van der Waals surface area contributed by atoms with E-state index in [4.69, 9.17) is 0 Å². The van der Waals surface area contributed by atoms with Gasteiger partial charge in [-0.15, -0.1) is 0 Å². The second-order valence-electron chi connectivity index (χ2n) is 4.60. The minimum absolute atomic E-state index is 0.0524. The Hall–Kier alpha value is -0.250. The summed E-state index contributed by atoms with van der Waals surface area (Å²) in [4.78, 5) is 0. The van der Waals surface area contributed by atoms with Crippen LogP contribution in [0.15, 0.2) is 0 Å². The summed E-state index contributed by atoms with van der Waals surface area (Å²) in [7, 11) is 0. The summed E-state index contributed by atoms with van der Waals surface area (Å²) in [5.41, 5.74) is 0.212. The Morgan fingerprint density at radius 1 is 1.38 bits per heavy atom. The van der Waals surface area contributed by atoms with Crippen molar-refractivity contribution in [2.24, 2.45) is 5.41 Å². The SMILES string of the molecule is CC1(C)CCC(NCC(F)(F)F)C1. The van der Waals surface area contributed by atoms with E-state index in [1.54, 1.807) is 0 Å². The predicted molar refractivity (Wildman–Crippen MR) is 45.5 cm³/mol.